The smallest absolute Gasteiger partial charge is 0.150 e. The van der Waals surface area contributed by atoms with Crippen LogP contribution >= 0.6 is 0 Å². The van der Waals surface area contributed by atoms with Gasteiger partial charge in [0.2, 0.25) is 0 Å². The first-order valence-corrected chi connectivity index (χ1v) is 5.00. The molecule has 1 aliphatic heterocycles. The summed E-state index contributed by atoms with van der Waals surface area (Å²) in [6, 6.07) is 2.35. The maximum atomic E-state index is 13.7. The number of rotatable bonds is 1. The first-order chi connectivity index (χ1) is 7.72. The number of terminal acetylenes is 1. The van der Waals surface area contributed by atoms with Crippen molar-refractivity contribution in [3.63, 3.8) is 0 Å². The third-order valence-corrected chi connectivity index (χ3v) is 2.51. The first kappa shape index (κ1) is 10.9. The van der Waals surface area contributed by atoms with Crippen molar-refractivity contribution < 1.29 is 13.5 Å². The molecular formula is C12H11F2NO. The zero-order valence-electron chi connectivity index (χ0n) is 8.67. The number of morpholine rings is 1. The van der Waals surface area contributed by atoms with Crippen LogP contribution in [0.2, 0.25) is 0 Å². The average molecular weight is 223 g/mol. The fourth-order valence-corrected chi connectivity index (χ4v) is 1.74. The van der Waals surface area contributed by atoms with Gasteiger partial charge >= 0.3 is 0 Å². The van der Waals surface area contributed by atoms with Gasteiger partial charge in [0, 0.05) is 18.7 Å². The highest BCUT2D eigenvalue weighted by Gasteiger charge is 2.19. The minimum atomic E-state index is -0.616. The van der Waals surface area contributed by atoms with E-state index in [1.54, 1.807) is 4.90 Å². The predicted octanol–water partition coefficient (Wildman–Crippen LogP) is 1.78. The number of benzene rings is 1. The van der Waals surface area contributed by atoms with E-state index in [-0.39, 0.29) is 11.3 Å². The molecule has 0 spiro atoms. The maximum Gasteiger partial charge on any atom is 0.150 e. The maximum absolute atomic E-state index is 13.7. The Labute approximate surface area is 92.8 Å². The van der Waals surface area contributed by atoms with Gasteiger partial charge < -0.3 is 9.64 Å². The first-order valence-electron chi connectivity index (χ1n) is 5.00. The molecule has 0 unspecified atom stereocenters. The van der Waals surface area contributed by atoms with Crippen LogP contribution in [0.3, 0.4) is 0 Å². The highest BCUT2D eigenvalue weighted by Crippen LogP contribution is 2.25. The van der Waals surface area contributed by atoms with Gasteiger partial charge in [-0.25, -0.2) is 8.78 Å². The molecule has 4 heteroatoms. The number of anilines is 1. The Hall–Kier alpha value is -1.60. The van der Waals surface area contributed by atoms with E-state index >= 15 is 0 Å². The molecule has 1 aliphatic rings. The van der Waals surface area contributed by atoms with Gasteiger partial charge in [-0.3, -0.25) is 0 Å². The van der Waals surface area contributed by atoms with Crippen LogP contribution in [0, 0.1) is 24.0 Å². The number of hydrogen-bond acceptors (Lipinski definition) is 2. The standard InChI is InChI=1S/C12H11F2NO/c1-2-9-7-10(13)12(11(14)8-9)15-3-5-16-6-4-15/h1,7-8H,3-6H2. The summed E-state index contributed by atoms with van der Waals surface area (Å²) in [7, 11) is 0. The Bertz CT molecular complexity index is 410. The van der Waals surface area contributed by atoms with Crippen molar-refractivity contribution in [2.45, 2.75) is 0 Å². The van der Waals surface area contributed by atoms with Gasteiger partial charge in [-0.1, -0.05) is 5.92 Å². The monoisotopic (exact) mass is 223 g/mol. The van der Waals surface area contributed by atoms with Crippen LogP contribution < -0.4 is 4.90 Å². The normalized spacial score (nSPS) is 15.9. The van der Waals surface area contributed by atoms with Crippen LogP contribution in [0.4, 0.5) is 14.5 Å². The zero-order chi connectivity index (χ0) is 11.5. The van der Waals surface area contributed by atoms with Gasteiger partial charge in [-0.15, -0.1) is 6.42 Å². The lowest BCUT2D eigenvalue weighted by molar-refractivity contribution is 0.122. The second kappa shape index (κ2) is 4.50. The van der Waals surface area contributed by atoms with Crippen LogP contribution in [0.5, 0.6) is 0 Å². The van der Waals surface area contributed by atoms with Crippen molar-refractivity contribution in [1.29, 1.82) is 0 Å². The minimum absolute atomic E-state index is 0.0118. The summed E-state index contributed by atoms with van der Waals surface area (Å²) in [5.41, 5.74) is 0.203. The summed E-state index contributed by atoms with van der Waals surface area (Å²) in [6.07, 6.45) is 5.10. The summed E-state index contributed by atoms with van der Waals surface area (Å²) in [6.45, 7) is 1.94. The fraction of sp³-hybridized carbons (Fsp3) is 0.333. The molecule has 84 valence electrons. The van der Waals surface area contributed by atoms with Crippen molar-refractivity contribution in [2.75, 3.05) is 31.2 Å². The zero-order valence-corrected chi connectivity index (χ0v) is 8.67. The molecule has 1 aromatic rings. The van der Waals surface area contributed by atoms with E-state index in [1.807, 2.05) is 0 Å². The molecule has 1 aromatic carbocycles. The molecule has 1 saturated heterocycles. The van der Waals surface area contributed by atoms with Gasteiger partial charge in [0.05, 0.1) is 13.2 Å². The van der Waals surface area contributed by atoms with Crippen LogP contribution in [-0.2, 0) is 4.74 Å². The number of ether oxygens (including phenoxy) is 1. The van der Waals surface area contributed by atoms with E-state index in [2.05, 4.69) is 5.92 Å². The van der Waals surface area contributed by atoms with Crippen molar-refractivity contribution in [1.82, 2.24) is 0 Å². The predicted molar refractivity (Wildman–Crippen MR) is 57.3 cm³/mol. The largest absolute Gasteiger partial charge is 0.378 e. The highest BCUT2D eigenvalue weighted by atomic mass is 19.1. The summed E-state index contributed by atoms with van der Waals surface area (Å²) < 4.78 is 32.5. The Balaban J connectivity index is 2.36. The second-order valence-corrected chi connectivity index (χ2v) is 3.53. The molecule has 16 heavy (non-hydrogen) atoms. The molecule has 0 aliphatic carbocycles. The van der Waals surface area contributed by atoms with Gasteiger partial charge in [0.25, 0.3) is 0 Å². The molecule has 0 N–H and O–H groups in total. The number of hydrogen-bond donors (Lipinski definition) is 0. The fourth-order valence-electron chi connectivity index (χ4n) is 1.74. The van der Waals surface area contributed by atoms with E-state index in [0.29, 0.717) is 26.3 Å². The van der Waals surface area contributed by atoms with Gasteiger partial charge in [-0.05, 0) is 12.1 Å². The molecule has 0 aromatic heterocycles. The van der Waals surface area contributed by atoms with Gasteiger partial charge in [0.15, 0.2) is 11.6 Å². The topological polar surface area (TPSA) is 12.5 Å². The minimum Gasteiger partial charge on any atom is -0.378 e. The molecule has 1 heterocycles. The lowest BCUT2D eigenvalue weighted by atomic mass is 10.1. The Kier molecular flexibility index (Phi) is 3.07. The molecule has 0 atom stereocenters. The Morgan fingerprint density at radius 3 is 2.25 bits per heavy atom. The van der Waals surface area contributed by atoms with E-state index in [9.17, 15) is 8.78 Å². The third kappa shape index (κ3) is 2.00. The van der Waals surface area contributed by atoms with Gasteiger partial charge in [-0.2, -0.15) is 0 Å². The number of halogens is 2. The van der Waals surface area contributed by atoms with Crippen LogP contribution in [0.25, 0.3) is 0 Å². The average Bonchev–Trinajstić information content (AvgIpc) is 2.29. The van der Waals surface area contributed by atoms with Crippen LogP contribution in [0.15, 0.2) is 12.1 Å². The lowest BCUT2D eigenvalue weighted by Gasteiger charge is -2.29. The lowest BCUT2D eigenvalue weighted by Crippen LogP contribution is -2.37. The van der Waals surface area contributed by atoms with Crippen molar-refractivity contribution in [2.24, 2.45) is 0 Å². The summed E-state index contributed by atoms with van der Waals surface area (Å²) in [5, 5.41) is 0. The third-order valence-electron chi connectivity index (χ3n) is 2.51. The quantitative estimate of drug-likeness (QED) is 0.673. The Morgan fingerprint density at radius 2 is 1.75 bits per heavy atom. The molecule has 0 bridgehead atoms. The summed E-state index contributed by atoms with van der Waals surface area (Å²) in [5.74, 6) is 0.984. The van der Waals surface area contributed by atoms with Crippen molar-refractivity contribution in [3.8, 4) is 12.3 Å². The van der Waals surface area contributed by atoms with Gasteiger partial charge in [0.1, 0.15) is 5.69 Å². The summed E-state index contributed by atoms with van der Waals surface area (Å²) >= 11 is 0. The van der Waals surface area contributed by atoms with Crippen LogP contribution in [0.1, 0.15) is 5.56 Å². The molecule has 0 radical (unpaired) electrons. The highest BCUT2D eigenvalue weighted by molar-refractivity contribution is 5.53. The van der Waals surface area contributed by atoms with E-state index in [1.165, 1.54) is 12.1 Å². The summed E-state index contributed by atoms with van der Waals surface area (Å²) in [4.78, 5) is 1.63. The van der Waals surface area contributed by atoms with Crippen LogP contribution in [-0.4, -0.2) is 26.3 Å². The molecule has 1 fully saturated rings. The SMILES string of the molecule is C#Cc1cc(F)c(N2CCOCC2)c(F)c1. The Morgan fingerprint density at radius 1 is 1.19 bits per heavy atom. The molecular weight excluding hydrogens is 212 g/mol. The molecule has 2 nitrogen and oxygen atoms in total. The van der Waals surface area contributed by atoms with E-state index in [0.717, 1.165) is 0 Å². The van der Waals surface area contributed by atoms with E-state index in [4.69, 9.17) is 11.2 Å². The molecule has 0 amide bonds. The number of nitrogens with zero attached hydrogens (tertiary/aromatic N) is 1. The van der Waals surface area contributed by atoms with E-state index < -0.39 is 11.6 Å². The molecule has 2 rings (SSSR count). The van der Waals surface area contributed by atoms with Crippen molar-refractivity contribution >= 4 is 5.69 Å². The van der Waals surface area contributed by atoms with Crippen molar-refractivity contribution in [3.05, 3.63) is 29.3 Å². The molecule has 0 saturated carbocycles. The second-order valence-electron chi connectivity index (χ2n) is 3.53.